The molecule has 2 heterocycles. The quantitative estimate of drug-likeness (QED) is 0.303. The van der Waals surface area contributed by atoms with E-state index in [2.05, 4.69) is 25.4 Å². The topological polar surface area (TPSA) is 108 Å². The summed E-state index contributed by atoms with van der Waals surface area (Å²) in [6.07, 6.45) is 3.63. The van der Waals surface area contributed by atoms with E-state index in [1.807, 2.05) is 55.6 Å². The minimum absolute atomic E-state index is 0. The van der Waals surface area contributed by atoms with Gasteiger partial charge < -0.3 is 5.11 Å². The number of aromatic nitrogens is 2. The normalized spacial score (nSPS) is 11.1. The van der Waals surface area contributed by atoms with Crippen LogP contribution in [0.25, 0.3) is 5.69 Å². The molecule has 0 saturated carbocycles. The average Bonchev–Trinajstić information content (AvgIpc) is 2.79. The van der Waals surface area contributed by atoms with Gasteiger partial charge in [-0.2, -0.15) is 14.8 Å². The first-order valence-corrected chi connectivity index (χ1v) is 9.99. The van der Waals surface area contributed by atoms with Crippen LogP contribution in [-0.4, -0.2) is 10.1 Å². The molecule has 166 valence electrons. The first kappa shape index (κ1) is 23.5. The lowest BCUT2D eigenvalue weighted by molar-refractivity contribution is -0.598. The van der Waals surface area contributed by atoms with Crippen LogP contribution in [0.5, 0.6) is 5.88 Å². The van der Waals surface area contributed by atoms with Crippen molar-refractivity contribution in [2.75, 3.05) is 0 Å². The third-order valence-corrected chi connectivity index (χ3v) is 4.80. The number of hydrogen-bond acceptors (Lipinski definition) is 5. The smallest absolute Gasteiger partial charge is 0.324 e. The van der Waals surface area contributed by atoms with E-state index < -0.39 is 5.56 Å². The van der Waals surface area contributed by atoms with Gasteiger partial charge in [0, 0.05) is 11.6 Å². The predicted molar refractivity (Wildman–Crippen MR) is 127 cm³/mol. The Morgan fingerprint density at radius 3 is 2.18 bits per heavy atom. The van der Waals surface area contributed by atoms with Gasteiger partial charge in [-0.1, -0.05) is 23.3 Å². The van der Waals surface area contributed by atoms with Crippen molar-refractivity contribution in [1.29, 1.82) is 0 Å². The van der Waals surface area contributed by atoms with Gasteiger partial charge in [-0.25, -0.2) is 0 Å². The van der Waals surface area contributed by atoms with E-state index in [1.54, 1.807) is 42.0 Å². The van der Waals surface area contributed by atoms with E-state index in [4.69, 9.17) is 0 Å². The van der Waals surface area contributed by atoms with Crippen LogP contribution in [0.4, 0.5) is 22.7 Å². The van der Waals surface area contributed by atoms with Gasteiger partial charge in [-0.3, -0.25) is 9.78 Å². The summed E-state index contributed by atoms with van der Waals surface area (Å²) < 4.78 is 1.72. The van der Waals surface area contributed by atoms with Crippen molar-refractivity contribution >= 4 is 35.2 Å². The van der Waals surface area contributed by atoms with Crippen LogP contribution in [0.2, 0.25) is 0 Å². The van der Waals surface area contributed by atoms with Gasteiger partial charge in [0.15, 0.2) is 12.4 Å². The summed E-state index contributed by atoms with van der Waals surface area (Å²) in [4.78, 5) is 15.0. The number of pyridine rings is 2. The highest BCUT2D eigenvalue weighted by Crippen LogP contribution is 2.22. The van der Waals surface area contributed by atoms with Crippen LogP contribution in [0.1, 0.15) is 11.1 Å². The minimum Gasteiger partial charge on any atom is -0.490 e. The van der Waals surface area contributed by atoms with Gasteiger partial charge in [-0.05, 0) is 61.4 Å². The lowest BCUT2D eigenvalue weighted by Crippen LogP contribution is -2.59. The molecule has 33 heavy (non-hydrogen) atoms. The Kier molecular flexibility index (Phi) is 7.42. The van der Waals surface area contributed by atoms with Crippen LogP contribution in [0, 0.1) is 13.8 Å². The van der Waals surface area contributed by atoms with Crippen molar-refractivity contribution in [1.82, 2.24) is 4.98 Å². The summed E-state index contributed by atoms with van der Waals surface area (Å²) in [5.41, 5.74) is 3.99. The van der Waals surface area contributed by atoms with Crippen LogP contribution >= 0.6 is 12.4 Å². The maximum Gasteiger partial charge on any atom is 0.324 e. The Hall–Kier alpha value is -4.17. The third kappa shape index (κ3) is 5.55. The molecule has 0 bridgehead atoms. The van der Waals surface area contributed by atoms with Gasteiger partial charge in [-0.15, -0.1) is 12.4 Å². The Morgan fingerprint density at radius 2 is 1.52 bits per heavy atom. The lowest BCUT2D eigenvalue weighted by atomic mass is 10.2. The van der Waals surface area contributed by atoms with E-state index in [0.29, 0.717) is 28.3 Å². The highest BCUT2D eigenvalue weighted by molar-refractivity contribution is 5.85. The van der Waals surface area contributed by atoms with Crippen LogP contribution in [0.15, 0.2) is 99.3 Å². The van der Waals surface area contributed by atoms with E-state index >= 15 is 0 Å². The highest BCUT2D eigenvalue weighted by atomic mass is 35.5. The van der Waals surface area contributed by atoms with Crippen molar-refractivity contribution in [3.8, 4) is 11.6 Å². The second-order valence-corrected chi connectivity index (χ2v) is 7.22. The van der Waals surface area contributed by atoms with Crippen molar-refractivity contribution in [2.24, 2.45) is 15.3 Å². The molecule has 0 radical (unpaired) electrons. The molecule has 3 N–H and O–H groups in total. The fourth-order valence-electron chi connectivity index (χ4n) is 3.20. The number of H-pyrrole nitrogens is 1. The molecule has 0 saturated heterocycles. The molecule has 0 aliphatic rings. The largest absolute Gasteiger partial charge is 0.490 e. The number of halogens is 1. The fourth-order valence-corrected chi connectivity index (χ4v) is 3.20. The number of aromatic hydroxyl groups is 1. The second-order valence-electron chi connectivity index (χ2n) is 7.22. The lowest BCUT2D eigenvalue weighted by Gasteiger charge is -2.01. The molecule has 0 aliphatic heterocycles. The summed E-state index contributed by atoms with van der Waals surface area (Å²) in [6, 6.07) is 20.4. The zero-order chi connectivity index (χ0) is 22.5. The number of rotatable bonds is 5. The predicted octanol–water partition coefficient (Wildman–Crippen LogP) is 4.31. The van der Waals surface area contributed by atoms with Crippen LogP contribution < -0.4 is 15.2 Å². The molecule has 9 heteroatoms. The monoisotopic (exact) mass is 462 g/mol. The highest BCUT2D eigenvalue weighted by Gasteiger charge is 2.25. The van der Waals surface area contributed by atoms with E-state index in [1.165, 1.54) is 0 Å². The molecule has 0 spiro atoms. The first-order valence-electron chi connectivity index (χ1n) is 9.99. The molecule has 4 rings (SSSR count). The van der Waals surface area contributed by atoms with E-state index in [0.717, 1.165) is 11.3 Å². The maximum absolute atomic E-state index is 12.5. The van der Waals surface area contributed by atoms with E-state index in [-0.39, 0.29) is 18.3 Å². The van der Waals surface area contributed by atoms with Gasteiger partial charge in [0.2, 0.25) is 0 Å². The molecule has 2 aromatic heterocycles. The summed E-state index contributed by atoms with van der Waals surface area (Å²) in [5.74, 6) is -0.276. The summed E-state index contributed by atoms with van der Waals surface area (Å²) in [5, 5.41) is 25.9. The maximum atomic E-state index is 12.5. The Bertz CT molecular complexity index is 1370. The van der Waals surface area contributed by atoms with Crippen LogP contribution in [-0.2, 0) is 0 Å². The number of aryl methyl sites for hydroxylation is 1. The summed E-state index contributed by atoms with van der Waals surface area (Å²) in [7, 11) is 0. The Balaban J connectivity index is 0.00000306. The molecule has 0 fully saturated rings. The van der Waals surface area contributed by atoms with Gasteiger partial charge in [0.05, 0.1) is 11.4 Å². The van der Waals surface area contributed by atoms with Crippen molar-refractivity contribution in [3.05, 3.63) is 101 Å². The molecule has 0 amide bonds. The van der Waals surface area contributed by atoms with Crippen molar-refractivity contribution < 1.29 is 14.8 Å². The molecule has 4 aromatic rings. The second kappa shape index (κ2) is 10.4. The van der Waals surface area contributed by atoms with E-state index in [9.17, 15) is 9.90 Å². The number of aromatic amines is 1. The number of azo groups is 2. The fraction of sp³-hybridized carbons (Fsp3) is 0.0833. The minimum atomic E-state index is -0.394. The number of benzene rings is 2. The SMILES string of the molecule is Cc1ccc[n+](-c2c(C)c([NH+]=Nc3ccc(N=Nc4ccccc4)cc3)c(O)[nH]c2=O)c1.Cl. The molecular formula is C24H23ClN6O2+2. The van der Waals surface area contributed by atoms with Crippen molar-refractivity contribution in [3.63, 3.8) is 0 Å². The summed E-state index contributed by atoms with van der Waals surface area (Å²) >= 11 is 0. The Labute approximate surface area is 196 Å². The molecule has 2 aromatic carbocycles. The molecular weight excluding hydrogens is 440 g/mol. The van der Waals surface area contributed by atoms with Gasteiger partial charge in [0.1, 0.15) is 11.3 Å². The molecule has 0 aliphatic carbocycles. The Morgan fingerprint density at radius 1 is 0.879 bits per heavy atom. The van der Waals surface area contributed by atoms with Crippen molar-refractivity contribution in [2.45, 2.75) is 13.8 Å². The molecule has 0 unspecified atom stereocenters. The number of hydrogen-bond donors (Lipinski definition) is 3. The van der Waals surface area contributed by atoms with Crippen LogP contribution in [0.3, 0.4) is 0 Å². The van der Waals surface area contributed by atoms with Gasteiger partial charge in [0.25, 0.3) is 17.3 Å². The zero-order valence-electron chi connectivity index (χ0n) is 18.1. The average molecular weight is 463 g/mol. The zero-order valence-corrected chi connectivity index (χ0v) is 18.9. The number of nitrogens with zero attached hydrogens (tertiary/aromatic N) is 4. The molecule has 8 nitrogen and oxygen atoms in total. The first-order chi connectivity index (χ1) is 15.5. The summed E-state index contributed by atoms with van der Waals surface area (Å²) in [6.45, 7) is 3.70. The third-order valence-electron chi connectivity index (χ3n) is 4.80. The number of nitrogens with one attached hydrogen (secondary N) is 2. The molecule has 0 atom stereocenters. The standard InChI is InChI=1S/C24H20N6O2.ClH/c1-16-7-6-14-30(15-16)22-17(2)21(23(31)25-24(22)32)29-28-20-12-10-19(11-13-20)27-26-18-8-4-3-5-9-18;/h3-15H,1-2H3,(H-,25,26,28,31,32);1H/p+2. The van der Waals surface area contributed by atoms with Gasteiger partial charge >= 0.3 is 5.56 Å².